The molecule has 4 aromatic rings. The van der Waals surface area contributed by atoms with Crippen molar-refractivity contribution < 1.29 is 4.79 Å². The summed E-state index contributed by atoms with van der Waals surface area (Å²) in [5, 5.41) is 2.92. The Morgan fingerprint density at radius 3 is 1.97 bits per heavy atom. The van der Waals surface area contributed by atoms with Gasteiger partial charge in [0.1, 0.15) is 0 Å². The molecule has 0 aliphatic carbocycles. The van der Waals surface area contributed by atoms with E-state index in [1.54, 1.807) is 0 Å². The number of amides is 1. The lowest BCUT2D eigenvalue weighted by Gasteiger charge is -2.12. The van der Waals surface area contributed by atoms with Gasteiger partial charge in [-0.1, -0.05) is 54.4 Å². The number of benzene rings is 3. The zero-order valence-electron chi connectivity index (χ0n) is 17.6. The Hall–Kier alpha value is -3.53. The summed E-state index contributed by atoms with van der Waals surface area (Å²) < 4.78 is 0. The van der Waals surface area contributed by atoms with Crippen molar-refractivity contribution >= 4 is 16.9 Å². The van der Waals surface area contributed by atoms with Crippen LogP contribution >= 0.6 is 0 Å². The molecule has 3 aromatic carbocycles. The smallest absolute Gasteiger partial charge is 0.251 e. The highest BCUT2D eigenvalue weighted by molar-refractivity contribution is 5.98. The standard InChI is InChI=1S/C26H25N3O/c1-4-13-27-26(30)21-11-12-22-23(16-21)29-25(20-10-6-8-18(3)15-20)24(28-22)19-9-5-7-17(2)14-19/h5-12,14-16H,4,13H2,1-3H3,(H,27,30). The van der Waals surface area contributed by atoms with Gasteiger partial charge in [0.25, 0.3) is 5.91 Å². The van der Waals surface area contributed by atoms with E-state index in [4.69, 9.17) is 9.97 Å². The van der Waals surface area contributed by atoms with Gasteiger partial charge in [-0.25, -0.2) is 9.97 Å². The van der Waals surface area contributed by atoms with Gasteiger partial charge in [0.2, 0.25) is 0 Å². The van der Waals surface area contributed by atoms with Crippen molar-refractivity contribution in [3.8, 4) is 22.5 Å². The van der Waals surface area contributed by atoms with Gasteiger partial charge >= 0.3 is 0 Å². The molecule has 0 radical (unpaired) electrons. The quantitative estimate of drug-likeness (QED) is 0.470. The molecule has 0 aliphatic heterocycles. The first-order chi connectivity index (χ1) is 14.5. The molecule has 30 heavy (non-hydrogen) atoms. The van der Waals surface area contributed by atoms with Crippen LogP contribution in [0.3, 0.4) is 0 Å². The zero-order chi connectivity index (χ0) is 21.1. The third kappa shape index (κ3) is 4.08. The van der Waals surface area contributed by atoms with Crippen molar-refractivity contribution in [1.29, 1.82) is 0 Å². The average Bonchev–Trinajstić information content (AvgIpc) is 2.76. The lowest BCUT2D eigenvalue weighted by molar-refractivity contribution is 0.0954. The van der Waals surface area contributed by atoms with E-state index in [0.29, 0.717) is 17.6 Å². The Morgan fingerprint density at radius 1 is 0.800 bits per heavy atom. The van der Waals surface area contributed by atoms with Crippen LogP contribution in [0.2, 0.25) is 0 Å². The Morgan fingerprint density at radius 2 is 1.40 bits per heavy atom. The number of hydrogen-bond acceptors (Lipinski definition) is 3. The van der Waals surface area contributed by atoms with Gasteiger partial charge < -0.3 is 5.32 Å². The summed E-state index contributed by atoms with van der Waals surface area (Å²) >= 11 is 0. The van der Waals surface area contributed by atoms with E-state index in [-0.39, 0.29) is 5.91 Å². The first-order valence-corrected chi connectivity index (χ1v) is 10.3. The zero-order valence-corrected chi connectivity index (χ0v) is 17.6. The summed E-state index contributed by atoms with van der Waals surface area (Å²) in [6.45, 7) is 6.84. The molecule has 4 heteroatoms. The van der Waals surface area contributed by atoms with E-state index in [1.807, 2.05) is 37.3 Å². The molecular formula is C26H25N3O. The molecule has 0 saturated carbocycles. The third-order valence-corrected chi connectivity index (χ3v) is 5.04. The largest absolute Gasteiger partial charge is 0.352 e. The lowest BCUT2D eigenvalue weighted by Crippen LogP contribution is -2.23. The molecule has 0 bridgehead atoms. The second kappa shape index (κ2) is 8.46. The maximum Gasteiger partial charge on any atom is 0.251 e. The number of fused-ring (bicyclic) bond motifs is 1. The molecule has 4 nitrogen and oxygen atoms in total. The fourth-order valence-electron chi connectivity index (χ4n) is 3.52. The van der Waals surface area contributed by atoms with Gasteiger partial charge in [0.05, 0.1) is 22.4 Å². The minimum absolute atomic E-state index is 0.0829. The van der Waals surface area contributed by atoms with E-state index in [9.17, 15) is 4.79 Å². The maximum absolute atomic E-state index is 12.4. The number of nitrogens with zero attached hydrogens (tertiary/aromatic N) is 2. The summed E-state index contributed by atoms with van der Waals surface area (Å²) in [6, 6.07) is 22.1. The fraction of sp³-hybridized carbons (Fsp3) is 0.192. The highest BCUT2D eigenvalue weighted by Crippen LogP contribution is 2.32. The Balaban J connectivity index is 1.91. The van der Waals surface area contributed by atoms with Crippen LogP contribution in [0.1, 0.15) is 34.8 Å². The van der Waals surface area contributed by atoms with Crippen molar-refractivity contribution in [2.75, 3.05) is 6.54 Å². The Kier molecular flexibility index (Phi) is 5.57. The van der Waals surface area contributed by atoms with Gasteiger partial charge in [0, 0.05) is 23.2 Å². The second-order valence-electron chi connectivity index (χ2n) is 7.62. The number of rotatable bonds is 5. The van der Waals surface area contributed by atoms with Crippen LogP contribution in [0.25, 0.3) is 33.5 Å². The summed E-state index contributed by atoms with van der Waals surface area (Å²) in [5.41, 5.74) is 8.14. The molecule has 0 spiro atoms. The SMILES string of the molecule is CCCNC(=O)c1ccc2nc(-c3cccc(C)c3)c(-c3cccc(C)c3)nc2c1. The number of carbonyl (C=O) groups excluding carboxylic acids is 1. The van der Waals surface area contributed by atoms with Gasteiger partial charge in [-0.2, -0.15) is 0 Å². The highest BCUT2D eigenvalue weighted by Gasteiger charge is 2.15. The van der Waals surface area contributed by atoms with E-state index < -0.39 is 0 Å². The second-order valence-corrected chi connectivity index (χ2v) is 7.62. The molecule has 0 unspecified atom stereocenters. The number of aromatic nitrogens is 2. The van der Waals surface area contributed by atoms with E-state index >= 15 is 0 Å². The summed E-state index contributed by atoms with van der Waals surface area (Å²) in [6.07, 6.45) is 0.899. The normalized spacial score (nSPS) is 10.9. The van der Waals surface area contributed by atoms with Crippen LogP contribution < -0.4 is 5.32 Å². The number of carbonyl (C=O) groups is 1. The van der Waals surface area contributed by atoms with Crippen LogP contribution in [0.5, 0.6) is 0 Å². The molecular weight excluding hydrogens is 370 g/mol. The Bertz CT molecular complexity index is 1230. The molecule has 1 aromatic heterocycles. The topological polar surface area (TPSA) is 54.9 Å². The molecule has 1 heterocycles. The molecule has 1 N–H and O–H groups in total. The molecule has 150 valence electrons. The first-order valence-electron chi connectivity index (χ1n) is 10.3. The third-order valence-electron chi connectivity index (χ3n) is 5.04. The predicted octanol–water partition coefficient (Wildman–Crippen LogP) is 5.72. The monoisotopic (exact) mass is 395 g/mol. The van der Waals surface area contributed by atoms with Crippen molar-refractivity contribution in [1.82, 2.24) is 15.3 Å². The number of hydrogen-bond donors (Lipinski definition) is 1. The average molecular weight is 396 g/mol. The van der Waals surface area contributed by atoms with Gasteiger partial charge in [-0.15, -0.1) is 0 Å². The van der Waals surface area contributed by atoms with Gasteiger partial charge in [-0.05, 0) is 50.6 Å². The van der Waals surface area contributed by atoms with Crippen LogP contribution in [0.15, 0.2) is 66.7 Å². The molecule has 1 amide bonds. The number of nitrogens with one attached hydrogen (secondary N) is 1. The fourth-order valence-corrected chi connectivity index (χ4v) is 3.52. The highest BCUT2D eigenvalue weighted by atomic mass is 16.1. The lowest BCUT2D eigenvalue weighted by atomic mass is 10.0. The minimum atomic E-state index is -0.0829. The van der Waals surface area contributed by atoms with Gasteiger partial charge in [0.15, 0.2) is 0 Å². The van der Waals surface area contributed by atoms with Gasteiger partial charge in [-0.3, -0.25) is 4.79 Å². The van der Waals surface area contributed by atoms with E-state index in [2.05, 4.69) is 55.6 Å². The van der Waals surface area contributed by atoms with Crippen LogP contribution in [-0.4, -0.2) is 22.4 Å². The molecule has 0 atom stereocenters. The summed E-state index contributed by atoms with van der Waals surface area (Å²) in [5.74, 6) is -0.0829. The molecule has 0 aliphatic rings. The van der Waals surface area contributed by atoms with Crippen molar-refractivity contribution in [3.05, 3.63) is 83.4 Å². The summed E-state index contributed by atoms with van der Waals surface area (Å²) in [4.78, 5) is 22.3. The van der Waals surface area contributed by atoms with Crippen LogP contribution in [0.4, 0.5) is 0 Å². The van der Waals surface area contributed by atoms with Crippen LogP contribution in [0, 0.1) is 13.8 Å². The number of aryl methyl sites for hydroxylation is 2. The first kappa shape index (κ1) is 19.8. The minimum Gasteiger partial charge on any atom is -0.352 e. The van der Waals surface area contributed by atoms with Crippen molar-refractivity contribution in [3.63, 3.8) is 0 Å². The predicted molar refractivity (Wildman–Crippen MR) is 123 cm³/mol. The maximum atomic E-state index is 12.4. The van der Waals surface area contributed by atoms with Crippen molar-refractivity contribution in [2.45, 2.75) is 27.2 Å². The molecule has 0 fully saturated rings. The van der Waals surface area contributed by atoms with E-state index in [0.717, 1.165) is 40.0 Å². The molecule has 4 rings (SSSR count). The van der Waals surface area contributed by atoms with Crippen molar-refractivity contribution in [2.24, 2.45) is 0 Å². The molecule has 0 saturated heterocycles. The summed E-state index contributed by atoms with van der Waals surface area (Å²) in [7, 11) is 0. The Labute approximate surface area is 177 Å². The van der Waals surface area contributed by atoms with Crippen LogP contribution in [-0.2, 0) is 0 Å². The van der Waals surface area contributed by atoms with E-state index in [1.165, 1.54) is 5.56 Å².